The molecule has 8 heteroatoms. The zero-order valence-electron chi connectivity index (χ0n) is 18.7. The number of H-pyrrole nitrogens is 1. The van der Waals surface area contributed by atoms with Crippen LogP contribution >= 0.6 is 11.3 Å². The van der Waals surface area contributed by atoms with E-state index in [4.69, 9.17) is 4.98 Å². The zero-order chi connectivity index (χ0) is 22.4. The number of fused-ring (bicyclic) bond motifs is 1. The molecule has 0 saturated carbocycles. The molecule has 1 N–H and O–H groups in total. The maximum atomic E-state index is 13.6. The normalized spacial score (nSPS) is 16.4. The molecule has 0 radical (unpaired) electrons. The third-order valence-corrected chi connectivity index (χ3v) is 7.26. The van der Waals surface area contributed by atoms with Crippen molar-refractivity contribution in [3.8, 4) is 21.1 Å². The fourth-order valence-corrected chi connectivity index (χ4v) is 5.45. The fraction of sp³-hybridized carbons (Fsp3) is 0.333. The van der Waals surface area contributed by atoms with Crippen LogP contribution in [0, 0.1) is 13.8 Å². The van der Waals surface area contributed by atoms with E-state index in [1.54, 1.807) is 12.4 Å². The van der Waals surface area contributed by atoms with Crippen LogP contribution in [0.2, 0.25) is 0 Å². The van der Waals surface area contributed by atoms with Gasteiger partial charge in [0, 0.05) is 42.5 Å². The predicted molar refractivity (Wildman–Crippen MR) is 128 cm³/mol. The van der Waals surface area contributed by atoms with Crippen LogP contribution in [-0.4, -0.2) is 69.1 Å². The van der Waals surface area contributed by atoms with Gasteiger partial charge in [-0.25, -0.2) is 4.98 Å². The minimum atomic E-state index is -0.0214. The van der Waals surface area contributed by atoms with Gasteiger partial charge in [-0.2, -0.15) is 5.10 Å². The molecule has 32 heavy (non-hydrogen) atoms. The number of thiazole rings is 1. The Balaban J connectivity index is 1.61. The van der Waals surface area contributed by atoms with Crippen LogP contribution in [0.15, 0.2) is 36.7 Å². The quantitative estimate of drug-likeness (QED) is 0.510. The van der Waals surface area contributed by atoms with E-state index in [9.17, 15) is 4.79 Å². The van der Waals surface area contributed by atoms with Gasteiger partial charge in [0.1, 0.15) is 16.4 Å². The number of likely N-dealkylation sites (N-methyl/N-ethyl adjacent to an activating group) is 1. The van der Waals surface area contributed by atoms with Crippen molar-refractivity contribution in [2.75, 3.05) is 27.2 Å². The van der Waals surface area contributed by atoms with Gasteiger partial charge in [-0.05, 0) is 52.1 Å². The highest BCUT2D eigenvalue weighted by molar-refractivity contribution is 7.18. The SMILES string of the molecule is Cc1cc(C)c2n[nH]c(-c3nc(C(=O)N4CC[C@H](N(C)C)C4)c(-c4cccnc4)s3)c2c1. The van der Waals surface area contributed by atoms with Gasteiger partial charge in [-0.1, -0.05) is 17.7 Å². The summed E-state index contributed by atoms with van der Waals surface area (Å²) in [6.45, 7) is 5.60. The van der Waals surface area contributed by atoms with Crippen LogP contribution in [0.1, 0.15) is 28.0 Å². The summed E-state index contributed by atoms with van der Waals surface area (Å²) in [5.74, 6) is -0.0214. The monoisotopic (exact) mass is 446 g/mol. The molecule has 1 fully saturated rings. The summed E-state index contributed by atoms with van der Waals surface area (Å²) in [6, 6.07) is 8.49. The largest absolute Gasteiger partial charge is 0.336 e. The van der Waals surface area contributed by atoms with Crippen LogP contribution in [-0.2, 0) is 0 Å². The van der Waals surface area contributed by atoms with Crippen LogP contribution in [0.25, 0.3) is 32.0 Å². The lowest BCUT2D eigenvalue weighted by molar-refractivity contribution is 0.0779. The summed E-state index contributed by atoms with van der Waals surface area (Å²) in [5.41, 5.74) is 5.47. The number of pyridine rings is 1. The number of aromatic nitrogens is 4. The van der Waals surface area contributed by atoms with Crippen molar-refractivity contribution in [2.24, 2.45) is 0 Å². The lowest BCUT2D eigenvalue weighted by Crippen LogP contribution is -2.34. The first kappa shape index (κ1) is 20.8. The molecule has 1 aromatic carbocycles. The fourth-order valence-electron chi connectivity index (χ4n) is 4.40. The molecule has 1 saturated heterocycles. The van der Waals surface area contributed by atoms with Gasteiger partial charge in [0.2, 0.25) is 0 Å². The molecule has 164 valence electrons. The molecule has 0 bridgehead atoms. The lowest BCUT2D eigenvalue weighted by Gasteiger charge is -2.20. The minimum Gasteiger partial charge on any atom is -0.336 e. The van der Waals surface area contributed by atoms with E-state index in [-0.39, 0.29) is 5.91 Å². The molecule has 4 heterocycles. The van der Waals surface area contributed by atoms with Gasteiger partial charge in [-0.15, -0.1) is 11.3 Å². The van der Waals surface area contributed by atoms with Gasteiger partial charge < -0.3 is 9.80 Å². The van der Waals surface area contributed by atoms with Crippen LogP contribution in [0.5, 0.6) is 0 Å². The maximum absolute atomic E-state index is 13.6. The summed E-state index contributed by atoms with van der Waals surface area (Å²) in [7, 11) is 4.13. The molecule has 0 spiro atoms. The van der Waals surface area contributed by atoms with Crippen molar-refractivity contribution in [3.63, 3.8) is 0 Å². The number of carbonyl (C=O) groups excluding carboxylic acids is 1. The Bertz CT molecular complexity index is 1290. The topological polar surface area (TPSA) is 78.0 Å². The molecule has 1 aliphatic heterocycles. The van der Waals surface area contributed by atoms with Crippen LogP contribution in [0.4, 0.5) is 0 Å². The third kappa shape index (κ3) is 3.59. The molecule has 1 atom stereocenters. The third-order valence-electron chi connectivity index (χ3n) is 6.14. The standard InChI is InChI=1S/C24H26N6OS/c1-14-10-15(2)19-18(11-14)20(28-27-19)23-26-21(22(32-23)16-6-5-8-25-12-16)24(31)30-9-7-17(13-30)29(3)4/h5-6,8,10-12,17H,7,9,13H2,1-4H3,(H,27,28)/t17-/m0/s1. The van der Waals surface area contributed by atoms with Gasteiger partial charge >= 0.3 is 0 Å². The first-order valence-electron chi connectivity index (χ1n) is 10.7. The van der Waals surface area contributed by atoms with E-state index >= 15 is 0 Å². The van der Waals surface area contributed by atoms with Crippen molar-refractivity contribution in [2.45, 2.75) is 26.3 Å². The second-order valence-corrected chi connectivity index (χ2v) is 9.67. The number of aromatic amines is 1. The van der Waals surface area contributed by atoms with E-state index in [0.29, 0.717) is 11.7 Å². The number of nitrogens with zero attached hydrogens (tertiary/aromatic N) is 5. The number of aryl methyl sites for hydroxylation is 2. The van der Waals surface area contributed by atoms with E-state index in [0.717, 1.165) is 57.1 Å². The first-order valence-corrected chi connectivity index (χ1v) is 11.6. The first-order chi connectivity index (χ1) is 15.4. The maximum Gasteiger partial charge on any atom is 0.274 e. The summed E-state index contributed by atoms with van der Waals surface area (Å²) >= 11 is 1.51. The second kappa shape index (κ2) is 8.11. The summed E-state index contributed by atoms with van der Waals surface area (Å²) in [4.78, 5) is 27.7. The molecule has 4 aromatic rings. The second-order valence-electron chi connectivity index (χ2n) is 8.67. The van der Waals surface area contributed by atoms with Crippen molar-refractivity contribution in [3.05, 3.63) is 53.5 Å². The molecule has 0 aliphatic carbocycles. The number of hydrogen-bond acceptors (Lipinski definition) is 6. The molecule has 1 amide bonds. The summed E-state index contributed by atoms with van der Waals surface area (Å²) < 4.78 is 0. The van der Waals surface area contributed by atoms with Crippen LogP contribution in [0.3, 0.4) is 0 Å². The Morgan fingerprint density at radius 1 is 1.28 bits per heavy atom. The molecule has 0 unspecified atom stereocenters. The van der Waals surface area contributed by atoms with Crippen molar-refractivity contribution in [1.29, 1.82) is 0 Å². The Labute approximate surface area is 191 Å². The van der Waals surface area contributed by atoms with E-state index in [2.05, 4.69) is 60.2 Å². The highest BCUT2D eigenvalue weighted by Crippen LogP contribution is 2.38. The van der Waals surface area contributed by atoms with Gasteiger partial charge in [-0.3, -0.25) is 14.9 Å². The molecule has 7 nitrogen and oxygen atoms in total. The van der Waals surface area contributed by atoms with Crippen molar-refractivity contribution in [1.82, 2.24) is 30.0 Å². The van der Waals surface area contributed by atoms with Gasteiger partial charge in [0.05, 0.1) is 10.4 Å². The average Bonchev–Trinajstić information content (AvgIpc) is 3.51. The summed E-state index contributed by atoms with van der Waals surface area (Å²) in [6.07, 6.45) is 4.50. The molecule has 1 aliphatic rings. The lowest BCUT2D eigenvalue weighted by atomic mass is 10.1. The van der Waals surface area contributed by atoms with Crippen molar-refractivity contribution >= 4 is 28.1 Å². The number of rotatable bonds is 4. The summed E-state index contributed by atoms with van der Waals surface area (Å²) in [5, 5.41) is 9.49. The number of benzene rings is 1. The molecule has 3 aromatic heterocycles. The number of carbonyl (C=O) groups is 1. The van der Waals surface area contributed by atoms with E-state index < -0.39 is 0 Å². The molecular weight excluding hydrogens is 420 g/mol. The smallest absolute Gasteiger partial charge is 0.274 e. The molecule has 5 rings (SSSR count). The Morgan fingerprint density at radius 3 is 2.84 bits per heavy atom. The van der Waals surface area contributed by atoms with Gasteiger partial charge in [0.15, 0.2) is 0 Å². The minimum absolute atomic E-state index is 0.0214. The number of amides is 1. The van der Waals surface area contributed by atoms with Crippen molar-refractivity contribution < 1.29 is 4.79 Å². The van der Waals surface area contributed by atoms with Gasteiger partial charge in [0.25, 0.3) is 5.91 Å². The highest BCUT2D eigenvalue weighted by Gasteiger charge is 2.32. The zero-order valence-corrected chi connectivity index (χ0v) is 19.5. The Kier molecular flexibility index (Phi) is 5.27. The predicted octanol–water partition coefficient (Wildman–Crippen LogP) is 4.14. The Hall–Kier alpha value is -3.10. The highest BCUT2D eigenvalue weighted by atomic mass is 32.1. The van der Waals surface area contributed by atoms with E-state index in [1.807, 2.05) is 17.0 Å². The van der Waals surface area contributed by atoms with E-state index in [1.165, 1.54) is 16.9 Å². The Morgan fingerprint density at radius 2 is 2.12 bits per heavy atom. The molecular formula is C24H26N6OS. The van der Waals surface area contributed by atoms with Crippen LogP contribution < -0.4 is 0 Å². The number of nitrogens with one attached hydrogen (secondary N) is 1. The number of likely N-dealkylation sites (tertiary alicyclic amines) is 1. The number of hydrogen-bond donors (Lipinski definition) is 1. The average molecular weight is 447 g/mol.